The molecule has 0 atom stereocenters. The first-order valence-corrected chi connectivity index (χ1v) is 3.93. The van der Waals surface area contributed by atoms with Crippen LogP contribution in [0.3, 0.4) is 0 Å². The molecular weight excluding hydrogens is 119 g/mol. The summed E-state index contributed by atoms with van der Waals surface area (Å²) >= 11 is 0. The van der Waals surface area contributed by atoms with Crippen molar-refractivity contribution in [2.75, 3.05) is 0 Å². The summed E-state index contributed by atoms with van der Waals surface area (Å²) in [4.78, 5) is 0. The Morgan fingerprint density at radius 3 is 2.20 bits per heavy atom. The lowest BCUT2D eigenvalue weighted by molar-refractivity contribution is 1.13. The smallest absolute Gasteiger partial charge is 0.0889 e. The van der Waals surface area contributed by atoms with Crippen molar-refractivity contribution in [2.24, 2.45) is 0 Å². The fraction of sp³-hybridized carbons (Fsp3) is 0.333. The van der Waals surface area contributed by atoms with Crippen molar-refractivity contribution in [3.8, 4) is 0 Å². The average molecular weight is 130 g/mol. The van der Waals surface area contributed by atoms with Gasteiger partial charge in [-0.25, -0.2) is 0 Å². The molecule has 10 heavy (non-hydrogen) atoms. The fourth-order valence-electron chi connectivity index (χ4n) is 1.26. The summed E-state index contributed by atoms with van der Waals surface area (Å²) in [6.07, 6.45) is 2.81. The first kappa shape index (κ1) is 6.02. The quantitative estimate of drug-likeness (QED) is 0.493. The van der Waals surface area contributed by atoms with E-state index >= 15 is 0 Å². The van der Waals surface area contributed by atoms with Crippen LogP contribution in [0, 0.1) is 0 Å². The normalized spacial score (nSPS) is 17.2. The Bertz CT molecular complexity index is 221. The minimum atomic E-state index is 0.903. The van der Waals surface area contributed by atoms with Gasteiger partial charge in [-0.15, -0.1) is 0 Å². The molecule has 0 amide bonds. The lowest BCUT2D eigenvalue weighted by Gasteiger charge is -1.96. The first-order chi connectivity index (χ1) is 4.86. The first-order valence-electron chi connectivity index (χ1n) is 3.93. The van der Waals surface area contributed by atoms with E-state index in [2.05, 4.69) is 32.1 Å². The van der Waals surface area contributed by atoms with Crippen molar-refractivity contribution in [3.05, 3.63) is 29.8 Å². The fourth-order valence-corrected chi connectivity index (χ4v) is 1.26. The molecule has 50 valence electrons. The third-order valence-electron chi connectivity index (χ3n) is 2.13. The standard InChI is InChI=1S/C9H11B/c10-9-5-3-8(4-6-9)7-1-2-7/h3-7H,1-2,10H2. The molecule has 1 heteroatoms. The van der Waals surface area contributed by atoms with Gasteiger partial charge in [0.15, 0.2) is 0 Å². The third-order valence-corrected chi connectivity index (χ3v) is 2.13. The predicted octanol–water partition coefficient (Wildman–Crippen LogP) is 0.822. The van der Waals surface area contributed by atoms with E-state index in [-0.39, 0.29) is 0 Å². The van der Waals surface area contributed by atoms with Gasteiger partial charge in [-0.3, -0.25) is 0 Å². The molecule has 1 aromatic carbocycles. The van der Waals surface area contributed by atoms with E-state index in [0.29, 0.717) is 0 Å². The zero-order valence-electron chi connectivity index (χ0n) is 6.30. The Hall–Kier alpha value is -0.715. The Balaban J connectivity index is 2.28. The van der Waals surface area contributed by atoms with E-state index < -0.39 is 0 Å². The molecule has 0 aliphatic heterocycles. The van der Waals surface area contributed by atoms with Crippen LogP contribution in [0.4, 0.5) is 0 Å². The van der Waals surface area contributed by atoms with E-state index in [4.69, 9.17) is 0 Å². The van der Waals surface area contributed by atoms with E-state index in [0.717, 1.165) is 5.92 Å². The van der Waals surface area contributed by atoms with Crippen LogP contribution >= 0.6 is 0 Å². The Labute approximate surface area is 62.7 Å². The van der Waals surface area contributed by atoms with Crippen molar-refractivity contribution >= 4 is 13.3 Å². The van der Waals surface area contributed by atoms with E-state index in [1.165, 1.54) is 23.9 Å². The average Bonchev–Trinajstić information content (AvgIpc) is 2.71. The molecule has 0 radical (unpaired) electrons. The van der Waals surface area contributed by atoms with E-state index in [9.17, 15) is 0 Å². The van der Waals surface area contributed by atoms with Gasteiger partial charge >= 0.3 is 0 Å². The SMILES string of the molecule is Bc1ccc(C2CC2)cc1. The molecule has 1 aliphatic rings. The second-order valence-electron chi connectivity index (χ2n) is 3.18. The van der Waals surface area contributed by atoms with Crippen LogP contribution in [0.15, 0.2) is 24.3 Å². The maximum atomic E-state index is 2.26. The molecule has 0 nitrogen and oxygen atoms in total. The second kappa shape index (κ2) is 2.15. The Kier molecular flexibility index (Phi) is 1.30. The monoisotopic (exact) mass is 130 g/mol. The van der Waals surface area contributed by atoms with Crippen LogP contribution in [0.1, 0.15) is 24.3 Å². The summed E-state index contributed by atoms with van der Waals surface area (Å²) in [5.41, 5.74) is 2.90. The minimum Gasteiger partial charge on any atom is -0.0889 e. The summed E-state index contributed by atoms with van der Waals surface area (Å²) in [6.45, 7) is 0. The van der Waals surface area contributed by atoms with Gasteiger partial charge in [0.05, 0.1) is 0 Å². The maximum absolute atomic E-state index is 2.26. The van der Waals surface area contributed by atoms with Gasteiger partial charge in [0.25, 0.3) is 0 Å². The maximum Gasteiger partial charge on any atom is 0.139 e. The van der Waals surface area contributed by atoms with Gasteiger partial charge in [-0.05, 0) is 24.3 Å². The highest BCUT2D eigenvalue weighted by Crippen LogP contribution is 2.39. The summed E-state index contributed by atoms with van der Waals surface area (Å²) in [5, 5.41) is 0. The third kappa shape index (κ3) is 1.09. The van der Waals surface area contributed by atoms with Crippen molar-refractivity contribution < 1.29 is 0 Å². The summed E-state index contributed by atoms with van der Waals surface area (Å²) in [7, 11) is 2.14. The lowest BCUT2D eigenvalue weighted by Crippen LogP contribution is -1.99. The molecule has 0 aromatic heterocycles. The van der Waals surface area contributed by atoms with Gasteiger partial charge in [-0.1, -0.05) is 29.7 Å². The van der Waals surface area contributed by atoms with Gasteiger partial charge in [0, 0.05) is 0 Å². The highest BCUT2D eigenvalue weighted by Gasteiger charge is 2.22. The van der Waals surface area contributed by atoms with Crippen LogP contribution in [-0.2, 0) is 0 Å². The topological polar surface area (TPSA) is 0 Å². The van der Waals surface area contributed by atoms with Crippen molar-refractivity contribution in [1.29, 1.82) is 0 Å². The van der Waals surface area contributed by atoms with Crippen LogP contribution in [-0.4, -0.2) is 7.85 Å². The molecule has 0 saturated heterocycles. The molecule has 0 spiro atoms. The summed E-state index contributed by atoms with van der Waals surface area (Å²) in [6, 6.07) is 8.92. The molecule has 1 fully saturated rings. The summed E-state index contributed by atoms with van der Waals surface area (Å²) in [5.74, 6) is 0.903. The number of benzene rings is 1. The number of hydrogen-bond donors (Lipinski definition) is 0. The van der Waals surface area contributed by atoms with Crippen LogP contribution < -0.4 is 5.46 Å². The zero-order valence-corrected chi connectivity index (χ0v) is 6.30. The minimum absolute atomic E-state index is 0.903. The highest BCUT2D eigenvalue weighted by atomic mass is 14.3. The Morgan fingerprint density at radius 1 is 1.10 bits per heavy atom. The second-order valence-corrected chi connectivity index (χ2v) is 3.18. The van der Waals surface area contributed by atoms with E-state index in [1.807, 2.05) is 0 Å². The van der Waals surface area contributed by atoms with Gasteiger partial charge in [0.1, 0.15) is 7.85 Å². The highest BCUT2D eigenvalue weighted by molar-refractivity contribution is 6.32. The molecular formula is C9H11B. The molecule has 0 bridgehead atoms. The van der Waals surface area contributed by atoms with Crippen molar-refractivity contribution in [3.63, 3.8) is 0 Å². The van der Waals surface area contributed by atoms with Crippen LogP contribution in [0.2, 0.25) is 0 Å². The van der Waals surface area contributed by atoms with Gasteiger partial charge in [-0.2, -0.15) is 0 Å². The number of rotatable bonds is 1. The molecule has 0 N–H and O–H groups in total. The van der Waals surface area contributed by atoms with Crippen LogP contribution in [0.25, 0.3) is 0 Å². The van der Waals surface area contributed by atoms with Crippen molar-refractivity contribution in [1.82, 2.24) is 0 Å². The predicted molar refractivity (Wildman–Crippen MR) is 46.6 cm³/mol. The largest absolute Gasteiger partial charge is 0.139 e. The lowest BCUT2D eigenvalue weighted by atomic mass is 9.94. The molecule has 1 saturated carbocycles. The summed E-state index contributed by atoms with van der Waals surface area (Å²) < 4.78 is 0. The Morgan fingerprint density at radius 2 is 1.70 bits per heavy atom. The van der Waals surface area contributed by atoms with Gasteiger partial charge < -0.3 is 0 Å². The van der Waals surface area contributed by atoms with Crippen molar-refractivity contribution in [2.45, 2.75) is 18.8 Å². The van der Waals surface area contributed by atoms with Gasteiger partial charge in [0.2, 0.25) is 0 Å². The molecule has 0 unspecified atom stereocenters. The number of hydrogen-bond acceptors (Lipinski definition) is 0. The van der Waals surface area contributed by atoms with E-state index in [1.54, 1.807) is 0 Å². The van der Waals surface area contributed by atoms with Crippen LogP contribution in [0.5, 0.6) is 0 Å². The molecule has 2 rings (SSSR count). The molecule has 1 aliphatic carbocycles. The molecule has 1 aromatic rings. The zero-order chi connectivity index (χ0) is 6.97. The molecule has 0 heterocycles.